The van der Waals surface area contributed by atoms with Gasteiger partial charge in [0.1, 0.15) is 0 Å². The van der Waals surface area contributed by atoms with E-state index in [-0.39, 0.29) is 17.9 Å². The molecule has 1 rings (SSSR count). The fourth-order valence-electron chi connectivity index (χ4n) is 2.02. The van der Waals surface area contributed by atoms with Crippen LogP contribution in [-0.4, -0.2) is 36.1 Å². The molecule has 1 saturated carbocycles. The molecule has 2 unspecified atom stereocenters. The zero-order valence-corrected chi connectivity index (χ0v) is 9.66. The number of amides is 1. The summed E-state index contributed by atoms with van der Waals surface area (Å²) in [5, 5.41) is 14.8. The zero-order chi connectivity index (χ0) is 12.0. The van der Waals surface area contributed by atoms with Crippen LogP contribution in [0.4, 0.5) is 0 Å². The summed E-state index contributed by atoms with van der Waals surface area (Å²) in [5.74, 6) is -1.01. The predicted molar refractivity (Wildman–Crippen MR) is 60.1 cm³/mol. The molecule has 16 heavy (non-hydrogen) atoms. The molecule has 0 aliphatic heterocycles. The number of carbonyl (C=O) groups excluding carboxylic acids is 1. The predicted octanol–water partition coefficient (Wildman–Crippen LogP) is 0.355. The van der Waals surface area contributed by atoms with Gasteiger partial charge in [0.15, 0.2) is 0 Å². The number of carboxylic acid groups (broad SMARTS) is 1. The maximum Gasteiger partial charge on any atom is 0.306 e. The molecule has 0 aromatic heterocycles. The Morgan fingerprint density at radius 2 is 2.12 bits per heavy atom. The van der Waals surface area contributed by atoms with Crippen LogP contribution in [0.2, 0.25) is 0 Å². The molecule has 92 valence electrons. The number of aliphatic carboxylic acids is 1. The molecule has 5 nitrogen and oxygen atoms in total. The lowest BCUT2D eigenvalue weighted by atomic mass is 10.1. The van der Waals surface area contributed by atoms with E-state index < -0.39 is 5.97 Å². The van der Waals surface area contributed by atoms with Crippen LogP contribution >= 0.6 is 0 Å². The molecule has 0 radical (unpaired) electrons. The maximum absolute atomic E-state index is 11.5. The van der Waals surface area contributed by atoms with E-state index in [9.17, 15) is 9.59 Å². The number of carboxylic acids is 1. The number of hydrogen-bond acceptors (Lipinski definition) is 3. The first-order chi connectivity index (χ1) is 7.63. The van der Waals surface area contributed by atoms with E-state index in [4.69, 9.17) is 5.11 Å². The van der Waals surface area contributed by atoms with E-state index in [1.165, 1.54) is 0 Å². The molecule has 0 bridgehead atoms. The molecule has 1 aliphatic rings. The summed E-state index contributed by atoms with van der Waals surface area (Å²) in [7, 11) is 0. The van der Waals surface area contributed by atoms with E-state index in [1.807, 2.05) is 6.92 Å². The van der Waals surface area contributed by atoms with Gasteiger partial charge in [0.25, 0.3) is 0 Å². The molecule has 0 saturated heterocycles. The molecule has 2 atom stereocenters. The molecule has 1 aliphatic carbocycles. The molecule has 0 aromatic carbocycles. The van der Waals surface area contributed by atoms with E-state index >= 15 is 0 Å². The Hall–Kier alpha value is -1.10. The molecule has 0 aromatic rings. The smallest absolute Gasteiger partial charge is 0.306 e. The first kappa shape index (κ1) is 13.0. The van der Waals surface area contributed by atoms with Crippen LogP contribution < -0.4 is 10.6 Å². The molecule has 5 heteroatoms. The van der Waals surface area contributed by atoms with Gasteiger partial charge in [-0.3, -0.25) is 9.59 Å². The second kappa shape index (κ2) is 6.48. The van der Waals surface area contributed by atoms with Gasteiger partial charge >= 0.3 is 5.97 Å². The van der Waals surface area contributed by atoms with Gasteiger partial charge in [-0.15, -0.1) is 0 Å². The van der Waals surface area contributed by atoms with Crippen molar-refractivity contribution in [3.63, 3.8) is 0 Å². The van der Waals surface area contributed by atoms with E-state index in [0.29, 0.717) is 25.8 Å². The summed E-state index contributed by atoms with van der Waals surface area (Å²) >= 11 is 0. The van der Waals surface area contributed by atoms with E-state index in [2.05, 4.69) is 10.6 Å². The highest BCUT2D eigenvalue weighted by Crippen LogP contribution is 2.25. The molecular formula is C11H20N2O3. The van der Waals surface area contributed by atoms with Crippen molar-refractivity contribution in [1.29, 1.82) is 0 Å². The molecular weight excluding hydrogens is 208 g/mol. The molecule has 1 amide bonds. The van der Waals surface area contributed by atoms with Gasteiger partial charge in [-0.25, -0.2) is 0 Å². The maximum atomic E-state index is 11.5. The van der Waals surface area contributed by atoms with Gasteiger partial charge in [-0.2, -0.15) is 0 Å². The Morgan fingerprint density at radius 3 is 2.69 bits per heavy atom. The Labute approximate surface area is 95.6 Å². The highest BCUT2D eigenvalue weighted by atomic mass is 16.4. The Bertz CT molecular complexity index is 256. The molecule has 1 fully saturated rings. The van der Waals surface area contributed by atoms with Crippen LogP contribution in [0.15, 0.2) is 0 Å². The third-order valence-electron chi connectivity index (χ3n) is 2.93. The standard InChI is InChI=1S/C11H20N2O3/c1-2-12-6-5-10(14)13-9-4-3-8(7-9)11(15)16/h8-9,12H,2-7H2,1H3,(H,13,14)(H,15,16). The highest BCUT2D eigenvalue weighted by Gasteiger charge is 2.30. The van der Waals surface area contributed by atoms with E-state index in [0.717, 1.165) is 13.0 Å². The summed E-state index contributed by atoms with van der Waals surface area (Å²) in [5.41, 5.74) is 0. The lowest BCUT2D eigenvalue weighted by molar-refractivity contribution is -0.141. The molecule has 0 heterocycles. The minimum absolute atomic E-state index is 0.0111. The fourth-order valence-corrected chi connectivity index (χ4v) is 2.02. The number of hydrogen-bond donors (Lipinski definition) is 3. The monoisotopic (exact) mass is 228 g/mol. The third kappa shape index (κ3) is 4.18. The summed E-state index contributed by atoms with van der Waals surface area (Å²) < 4.78 is 0. The summed E-state index contributed by atoms with van der Waals surface area (Å²) in [4.78, 5) is 22.2. The SMILES string of the molecule is CCNCCC(=O)NC1CCC(C(=O)O)C1. The minimum Gasteiger partial charge on any atom is -0.481 e. The van der Waals surface area contributed by atoms with Crippen molar-refractivity contribution in [3.05, 3.63) is 0 Å². The van der Waals surface area contributed by atoms with Crippen LogP contribution in [-0.2, 0) is 9.59 Å². The quantitative estimate of drug-likeness (QED) is 0.573. The first-order valence-corrected chi connectivity index (χ1v) is 5.86. The van der Waals surface area contributed by atoms with Gasteiger partial charge in [0.2, 0.25) is 5.91 Å². The summed E-state index contributed by atoms with van der Waals surface area (Å²) in [6.45, 7) is 3.53. The third-order valence-corrected chi connectivity index (χ3v) is 2.93. The van der Waals surface area contributed by atoms with Crippen molar-refractivity contribution in [2.24, 2.45) is 5.92 Å². The average molecular weight is 228 g/mol. The number of nitrogens with one attached hydrogen (secondary N) is 2. The topological polar surface area (TPSA) is 78.4 Å². The van der Waals surface area contributed by atoms with Crippen LogP contribution in [0.3, 0.4) is 0 Å². The molecule has 0 spiro atoms. The van der Waals surface area contributed by atoms with Gasteiger partial charge < -0.3 is 15.7 Å². The lowest BCUT2D eigenvalue weighted by Gasteiger charge is -2.12. The number of rotatable bonds is 6. The lowest BCUT2D eigenvalue weighted by Crippen LogP contribution is -2.35. The average Bonchev–Trinajstić information content (AvgIpc) is 2.66. The summed E-state index contributed by atoms with van der Waals surface area (Å²) in [6.07, 6.45) is 2.49. The van der Waals surface area contributed by atoms with Crippen molar-refractivity contribution < 1.29 is 14.7 Å². The van der Waals surface area contributed by atoms with Crippen LogP contribution in [0, 0.1) is 5.92 Å². The van der Waals surface area contributed by atoms with Gasteiger partial charge in [0, 0.05) is 19.0 Å². The number of carbonyl (C=O) groups is 2. The van der Waals surface area contributed by atoms with Crippen molar-refractivity contribution in [2.75, 3.05) is 13.1 Å². The largest absolute Gasteiger partial charge is 0.481 e. The molecule has 3 N–H and O–H groups in total. The van der Waals surface area contributed by atoms with Crippen molar-refractivity contribution in [3.8, 4) is 0 Å². The summed E-state index contributed by atoms with van der Waals surface area (Å²) in [6, 6.07) is 0.0511. The second-order valence-corrected chi connectivity index (χ2v) is 4.22. The fraction of sp³-hybridized carbons (Fsp3) is 0.818. The minimum atomic E-state index is -0.746. The van der Waals surface area contributed by atoms with Crippen LogP contribution in [0.1, 0.15) is 32.6 Å². The van der Waals surface area contributed by atoms with Crippen molar-refractivity contribution >= 4 is 11.9 Å². The second-order valence-electron chi connectivity index (χ2n) is 4.22. The van der Waals surface area contributed by atoms with Gasteiger partial charge in [-0.1, -0.05) is 6.92 Å². The highest BCUT2D eigenvalue weighted by molar-refractivity contribution is 5.77. The van der Waals surface area contributed by atoms with Crippen LogP contribution in [0.25, 0.3) is 0 Å². The van der Waals surface area contributed by atoms with Gasteiger partial charge in [0.05, 0.1) is 5.92 Å². The zero-order valence-electron chi connectivity index (χ0n) is 9.66. The van der Waals surface area contributed by atoms with Crippen molar-refractivity contribution in [2.45, 2.75) is 38.6 Å². The Morgan fingerprint density at radius 1 is 1.38 bits per heavy atom. The van der Waals surface area contributed by atoms with Crippen LogP contribution in [0.5, 0.6) is 0 Å². The van der Waals surface area contributed by atoms with Crippen molar-refractivity contribution in [1.82, 2.24) is 10.6 Å². The first-order valence-electron chi connectivity index (χ1n) is 5.86. The normalized spacial score (nSPS) is 24.3. The Balaban J connectivity index is 2.18. The van der Waals surface area contributed by atoms with Gasteiger partial charge in [-0.05, 0) is 25.8 Å². The van der Waals surface area contributed by atoms with E-state index in [1.54, 1.807) is 0 Å². The Kier molecular flexibility index (Phi) is 5.25.